The molecule has 0 unspecified atom stereocenters. The Morgan fingerprint density at radius 1 is 1.24 bits per heavy atom. The fraction of sp³-hybridized carbons (Fsp3) is 0.235. The summed E-state index contributed by atoms with van der Waals surface area (Å²) >= 11 is 1.41. The van der Waals surface area contributed by atoms with Gasteiger partial charge in [0, 0.05) is 16.3 Å². The maximum Gasteiger partial charge on any atom is 0.124 e. The van der Waals surface area contributed by atoms with E-state index in [0.29, 0.717) is 5.56 Å². The van der Waals surface area contributed by atoms with Crippen LogP contribution in [0, 0.1) is 17.1 Å². The topological polar surface area (TPSA) is 35.8 Å². The van der Waals surface area contributed by atoms with Crippen LogP contribution >= 0.6 is 11.8 Å². The summed E-state index contributed by atoms with van der Waals surface area (Å²) in [7, 11) is 0. The van der Waals surface area contributed by atoms with E-state index in [1.807, 2.05) is 24.3 Å². The van der Waals surface area contributed by atoms with Crippen LogP contribution in [0.2, 0.25) is 0 Å². The lowest BCUT2D eigenvalue weighted by molar-refractivity contribution is 0.624. The predicted octanol–water partition coefficient (Wildman–Crippen LogP) is 4.35. The number of hydrogen-bond acceptors (Lipinski definition) is 3. The van der Waals surface area contributed by atoms with Crippen molar-refractivity contribution in [2.45, 2.75) is 29.7 Å². The summed E-state index contributed by atoms with van der Waals surface area (Å²) in [5, 5.41) is 12.6. The molecule has 2 nitrogen and oxygen atoms in total. The van der Waals surface area contributed by atoms with Crippen molar-refractivity contribution >= 4 is 11.8 Å². The van der Waals surface area contributed by atoms with Gasteiger partial charge in [0.25, 0.3) is 0 Å². The van der Waals surface area contributed by atoms with Gasteiger partial charge in [-0.15, -0.1) is 0 Å². The van der Waals surface area contributed by atoms with Crippen molar-refractivity contribution in [1.82, 2.24) is 5.32 Å². The van der Waals surface area contributed by atoms with Gasteiger partial charge in [0.2, 0.25) is 0 Å². The van der Waals surface area contributed by atoms with Crippen LogP contribution in [0.5, 0.6) is 0 Å². The number of nitrogens with one attached hydrogen (secondary N) is 1. The number of nitrogens with zero attached hydrogens (tertiary/aromatic N) is 1. The monoisotopic (exact) mass is 300 g/mol. The molecular formula is C17H17FN2S. The molecular weight excluding hydrogens is 283 g/mol. The van der Waals surface area contributed by atoms with E-state index < -0.39 is 0 Å². The second-order valence-corrected chi connectivity index (χ2v) is 5.79. The molecule has 1 N–H and O–H groups in total. The molecule has 21 heavy (non-hydrogen) atoms. The highest BCUT2D eigenvalue weighted by atomic mass is 32.2. The highest BCUT2D eigenvalue weighted by Crippen LogP contribution is 2.31. The highest BCUT2D eigenvalue weighted by molar-refractivity contribution is 7.99. The number of halogens is 1. The van der Waals surface area contributed by atoms with Crippen molar-refractivity contribution in [2.24, 2.45) is 0 Å². The zero-order valence-corrected chi connectivity index (χ0v) is 12.7. The quantitative estimate of drug-likeness (QED) is 0.806. The molecule has 0 aliphatic heterocycles. The lowest BCUT2D eigenvalue weighted by atomic mass is 10.1. The first-order chi connectivity index (χ1) is 10.2. The van der Waals surface area contributed by atoms with Crippen LogP contribution in [-0.2, 0) is 6.54 Å². The maximum absolute atomic E-state index is 13.2. The zero-order chi connectivity index (χ0) is 15.1. The van der Waals surface area contributed by atoms with Gasteiger partial charge in [-0.25, -0.2) is 4.39 Å². The highest BCUT2D eigenvalue weighted by Gasteiger charge is 2.06. The van der Waals surface area contributed by atoms with Crippen molar-refractivity contribution in [1.29, 1.82) is 5.26 Å². The van der Waals surface area contributed by atoms with E-state index in [0.717, 1.165) is 34.9 Å². The van der Waals surface area contributed by atoms with Crippen LogP contribution in [0.15, 0.2) is 52.3 Å². The Morgan fingerprint density at radius 2 is 2.10 bits per heavy atom. The smallest absolute Gasteiger partial charge is 0.124 e. The van der Waals surface area contributed by atoms with E-state index in [2.05, 4.69) is 18.3 Å². The van der Waals surface area contributed by atoms with Gasteiger partial charge in [0.15, 0.2) is 0 Å². The lowest BCUT2D eigenvalue weighted by Gasteiger charge is -2.08. The van der Waals surface area contributed by atoms with Crippen molar-refractivity contribution in [3.05, 3.63) is 59.4 Å². The zero-order valence-electron chi connectivity index (χ0n) is 11.9. The Hall–Kier alpha value is -1.83. The standard InChI is InChI=1S/C17H17FN2S/c1-2-8-20-12-13-6-7-17(14(9-13)11-19)21-16-5-3-4-15(18)10-16/h3-7,9-10,20H,2,8,12H2,1H3. The summed E-state index contributed by atoms with van der Waals surface area (Å²) in [5.74, 6) is -0.265. The third-order valence-electron chi connectivity index (χ3n) is 2.94. The molecule has 0 atom stereocenters. The van der Waals surface area contributed by atoms with Crippen molar-refractivity contribution < 1.29 is 4.39 Å². The minimum atomic E-state index is -0.265. The van der Waals surface area contributed by atoms with Gasteiger partial charge in [-0.2, -0.15) is 5.26 Å². The average Bonchev–Trinajstić information content (AvgIpc) is 2.49. The Labute approximate surface area is 129 Å². The molecule has 0 saturated heterocycles. The third kappa shape index (κ3) is 4.59. The molecule has 0 aliphatic carbocycles. The molecule has 2 aromatic rings. The van der Waals surface area contributed by atoms with Crippen molar-refractivity contribution in [3.8, 4) is 6.07 Å². The molecule has 0 aliphatic rings. The van der Waals surface area contributed by atoms with Gasteiger partial charge in [0.05, 0.1) is 5.56 Å². The molecule has 0 aromatic heterocycles. The number of benzene rings is 2. The predicted molar refractivity (Wildman–Crippen MR) is 83.7 cm³/mol. The summed E-state index contributed by atoms with van der Waals surface area (Å²) in [6.45, 7) is 3.83. The Kier molecular flexibility index (Phi) is 5.79. The Balaban J connectivity index is 2.15. The second-order valence-electron chi connectivity index (χ2n) is 4.68. The summed E-state index contributed by atoms with van der Waals surface area (Å²) < 4.78 is 13.2. The minimum absolute atomic E-state index is 0.265. The molecule has 2 aromatic carbocycles. The van der Waals surface area contributed by atoms with Crippen molar-refractivity contribution in [3.63, 3.8) is 0 Å². The second kappa shape index (κ2) is 7.82. The first kappa shape index (κ1) is 15.6. The molecule has 108 valence electrons. The van der Waals surface area contributed by atoms with Crippen LogP contribution in [0.25, 0.3) is 0 Å². The molecule has 0 bridgehead atoms. The van der Waals surface area contributed by atoms with E-state index >= 15 is 0 Å². The Morgan fingerprint density at radius 3 is 2.81 bits per heavy atom. The third-order valence-corrected chi connectivity index (χ3v) is 4.01. The molecule has 2 rings (SSSR count). The van der Waals surface area contributed by atoms with Gasteiger partial charge >= 0.3 is 0 Å². The maximum atomic E-state index is 13.2. The van der Waals surface area contributed by atoms with Gasteiger partial charge in [-0.1, -0.05) is 30.8 Å². The summed E-state index contributed by atoms with van der Waals surface area (Å²) in [5.41, 5.74) is 1.71. The summed E-state index contributed by atoms with van der Waals surface area (Å²) in [6, 6.07) is 14.4. The first-order valence-corrected chi connectivity index (χ1v) is 7.71. The molecule has 0 fully saturated rings. The SMILES string of the molecule is CCCNCc1ccc(Sc2cccc(F)c2)c(C#N)c1. The van der Waals surface area contributed by atoms with Gasteiger partial charge < -0.3 is 5.32 Å². The largest absolute Gasteiger partial charge is 0.313 e. The fourth-order valence-corrected chi connectivity index (χ4v) is 2.85. The Bertz CT molecular complexity index is 649. The van der Waals surface area contributed by atoms with Crippen LogP contribution in [0.4, 0.5) is 4.39 Å². The van der Waals surface area contributed by atoms with E-state index in [-0.39, 0.29) is 5.82 Å². The van der Waals surface area contributed by atoms with Crippen LogP contribution in [-0.4, -0.2) is 6.54 Å². The molecule has 0 amide bonds. The number of hydrogen-bond donors (Lipinski definition) is 1. The summed E-state index contributed by atoms with van der Waals surface area (Å²) in [4.78, 5) is 1.64. The fourth-order valence-electron chi connectivity index (χ4n) is 1.93. The molecule has 0 saturated carbocycles. The molecule has 4 heteroatoms. The molecule has 0 heterocycles. The average molecular weight is 300 g/mol. The minimum Gasteiger partial charge on any atom is -0.313 e. The van der Waals surface area contributed by atoms with E-state index in [1.54, 1.807) is 6.07 Å². The molecule has 0 spiro atoms. The number of nitriles is 1. The van der Waals surface area contributed by atoms with Crippen LogP contribution in [0.3, 0.4) is 0 Å². The van der Waals surface area contributed by atoms with Gasteiger partial charge in [0.1, 0.15) is 11.9 Å². The van der Waals surface area contributed by atoms with Crippen molar-refractivity contribution in [2.75, 3.05) is 6.54 Å². The molecule has 0 radical (unpaired) electrons. The summed E-state index contributed by atoms with van der Waals surface area (Å²) in [6.07, 6.45) is 1.08. The lowest BCUT2D eigenvalue weighted by Crippen LogP contribution is -2.13. The van der Waals surface area contributed by atoms with Crippen LogP contribution in [0.1, 0.15) is 24.5 Å². The van der Waals surface area contributed by atoms with E-state index in [9.17, 15) is 9.65 Å². The van der Waals surface area contributed by atoms with E-state index in [1.165, 1.54) is 23.9 Å². The first-order valence-electron chi connectivity index (χ1n) is 6.90. The number of rotatable bonds is 6. The van der Waals surface area contributed by atoms with Gasteiger partial charge in [-0.05, 0) is 48.9 Å². The normalized spacial score (nSPS) is 10.3. The van der Waals surface area contributed by atoms with Crippen LogP contribution < -0.4 is 5.32 Å². The van der Waals surface area contributed by atoms with E-state index in [4.69, 9.17) is 0 Å². The van der Waals surface area contributed by atoms with Gasteiger partial charge in [-0.3, -0.25) is 0 Å².